The third-order valence-corrected chi connectivity index (χ3v) is 3.70. The van der Waals surface area contributed by atoms with Crippen molar-refractivity contribution in [2.45, 2.75) is 18.8 Å². The van der Waals surface area contributed by atoms with Gasteiger partial charge in [-0.2, -0.15) is 0 Å². The molecule has 0 bridgehead atoms. The number of imidazole rings is 1. The molecule has 5 heteroatoms. The molecule has 2 N–H and O–H groups in total. The molecule has 2 aromatic heterocycles. The van der Waals surface area contributed by atoms with Crippen LogP contribution in [0.15, 0.2) is 49.1 Å². The van der Waals surface area contributed by atoms with Gasteiger partial charge in [-0.1, -0.05) is 0 Å². The lowest BCUT2D eigenvalue weighted by atomic mass is 10.2. The lowest BCUT2D eigenvalue weighted by Gasteiger charge is -2.04. The van der Waals surface area contributed by atoms with Gasteiger partial charge in [0, 0.05) is 29.6 Å². The fourth-order valence-corrected chi connectivity index (χ4v) is 2.36. The van der Waals surface area contributed by atoms with Gasteiger partial charge < -0.3 is 10.3 Å². The minimum Gasteiger partial charge on any atom is -0.384 e. The molecule has 1 saturated carbocycles. The van der Waals surface area contributed by atoms with Crippen molar-refractivity contribution in [2.75, 3.05) is 5.73 Å². The van der Waals surface area contributed by atoms with Gasteiger partial charge in [0.15, 0.2) is 5.82 Å². The molecule has 4 rings (SSSR count). The molecule has 0 saturated heterocycles. The molecule has 0 atom stereocenters. The monoisotopic (exact) mass is 277 g/mol. The van der Waals surface area contributed by atoms with Crippen LogP contribution in [0.4, 0.5) is 5.82 Å². The number of aromatic nitrogens is 4. The van der Waals surface area contributed by atoms with E-state index in [1.165, 1.54) is 18.5 Å². The minimum atomic E-state index is 0.479. The maximum Gasteiger partial charge on any atom is 0.161 e. The number of rotatable bonds is 3. The van der Waals surface area contributed by atoms with Gasteiger partial charge in [0.25, 0.3) is 0 Å². The van der Waals surface area contributed by atoms with Crippen molar-refractivity contribution >= 4 is 5.82 Å². The molecule has 104 valence electrons. The van der Waals surface area contributed by atoms with E-state index in [4.69, 9.17) is 5.73 Å². The first-order valence-corrected chi connectivity index (χ1v) is 7.03. The Labute approximate surface area is 122 Å². The third kappa shape index (κ3) is 2.38. The van der Waals surface area contributed by atoms with Crippen LogP contribution >= 0.6 is 0 Å². The molecule has 3 aromatic rings. The fraction of sp³-hybridized carbons (Fsp3) is 0.188. The van der Waals surface area contributed by atoms with E-state index in [0.717, 1.165) is 11.3 Å². The molecular formula is C16H15N5. The number of nitrogens with two attached hydrogens (primary N) is 1. The van der Waals surface area contributed by atoms with E-state index in [9.17, 15) is 0 Å². The standard InChI is InChI=1S/C16H15N5/c17-15-7-8-18-16(20-15)12-3-5-13(6-4-12)21-9-14(19-10-21)11-1-2-11/h3-11H,1-2H2,(H2,17,18,20). The van der Waals surface area contributed by atoms with E-state index in [2.05, 4.69) is 25.7 Å². The molecule has 1 aliphatic carbocycles. The lowest BCUT2D eigenvalue weighted by molar-refractivity contribution is 1.05. The molecule has 1 aromatic carbocycles. The molecule has 1 fully saturated rings. The zero-order valence-electron chi connectivity index (χ0n) is 11.5. The highest BCUT2D eigenvalue weighted by atomic mass is 15.0. The minimum absolute atomic E-state index is 0.479. The summed E-state index contributed by atoms with van der Waals surface area (Å²) in [6, 6.07) is 9.77. The van der Waals surface area contributed by atoms with Gasteiger partial charge >= 0.3 is 0 Å². The van der Waals surface area contributed by atoms with Crippen molar-refractivity contribution in [3.8, 4) is 17.1 Å². The Morgan fingerprint density at radius 3 is 2.57 bits per heavy atom. The van der Waals surface area contributed by atoms with Crippen molar-refractivity contribution in [3.63, 3.8) is 0 Å². The maximum absolute atomic E-state index is 5.69. The van der Waals surface area contributed by atoms with Crippen molar-refractivity contribution in [3.05, 3.63) is 54.7 Å². The highest BCUT2D eigenvalue weighted by Crippen LogP contribution is 2.39. The normalized spacial score (nSPS) is 14.3. The summed E-state index contributed by atoms with van der Waals surface area (Å²) < 4.78 is 2.05. The molecule has 0 spiro atoms. The Hall–Kier alpha value is -2.69. The van der Waals surface area contributed by atoms with Crippen LogP contribution in [0.5, 0.6) is 0 Å². The lowest BCUT2D eigenvalue weighted by Crippen LogP contribution is -1.95. The van der Waals surface area contributed by atoms with Gasteiger partial charge in [-0.3, -0.25) is 0 Å². The molecule has 2 heterocycles. The molecule has 21 heavy (non-hydrogen) atoms. The fourth-order valence-electron chi connectivity index (χ4n) is 2.36. The van der Waals surface area contributed by atoms with Crippen LogP contribution in [-0.4, -0.2) is 19.5 Å². The number of hydrogen-bond donors (Lipinski definition) is 1. The van der Waals surface area contributed by atoms with Crippen LogP contribution in [0.3, 0.4) is 0 Å². The first kappa shape index (κ1) is 12.1. The SMILES string of the molecule is Nc1ccnc(-c2ccc(-n3cnc(C4CC4)c3)cc2)n1. The first-order valence-electron chi connectivity index (χ1n) is 7.03. The second kappa shape index (κ2) is 4.70. The van der Waals surface area contributed by atoms with Gasteiger partial charge in [0.05, 0.1) is 12.0 Å². The number of nitrogen functional groups attached to an aromatic ring is 1. The summed E-state index contributed by atoms with van der Waals surface area (Å²) in [5.41, 5.74) is 8.92. The quantitative estimate of drug-likeness (QED) is 0.799. The molecule has 5 nitrogen and oxygen atoms in total. The van der Waals surface area contributed by atoms with Crippen molar-refractivity contribution in [2.24, 2.45) is 0 Å². The van der Waals surface area contributed by atoms with E-state index < -0.39 is 0 Å². The Balaban J connectivity index is 1.63. The summed E-state index contributed by atoms with van der Waals surface area (Å²) in [6.07, 6.45) is 8.19. The Morgan fingerprint density at radius 2 is 1.86 bits per heavy atom. The highest BCUT2D eigenvalue weighted by Gasteiger charge is 2.25. The van der Waals surface area contributed by atoms with Crippen LogP contribution in [0.2, 0.25) is 0 Å². The van der Waals surface area contributed by atoms with Crippen LogP contribution in [0.1, 0.15) is 24.5 Å². The average Bonchev–Trinajstić information content (AvgIpc) is 3.25. The largest absolute Gasteiger partial charge is 0.384 e. The van der Waals surface area contributed by atoms with E-state index in [1.54, 1.807) is 12.3 Å². The predicted octanol–water partition coefficient (Wildman–Crippen LogP) is 2.79. The van der Waals surface area contributed by atoms with Crippen LogP contribution in [0, 0.1) is 0 Å². The zero-order chi connectivity index (χ0) is 14.2. The molecule has 0 radical (unpaired) electrons. The highest BCUT2D eigenvalue weighted by molar-refractivity contribution is 5.58. The predicted molar refractivity (Wildman–Crippen MR) is 81.0 cm³/mol. The Morgan fingerprint density at radius 1 is 1.05 bits per heavy atom. The summed E-state index contributed by atoms with van der Waals surface area (Å²) in [5.74, 6) is 1.80. The summed E-state index contributed by atoms with van der Waals surface area (Å²) >= 11 is 0. The third-order valence-electron chi connectivity index (χ3n) is 3.70. The van der Waals surface area contributed by atoms with E-state index in [1.807, 2.05) is 30.6 Å². The number of hydrogen-bond acceptors (Lipinski definition) is 4. The van der Waals surface area contributed by atoms with Crippen LogP contribution in [-0.2, 0) is 0 Å². The van der Waals surface area contributed by atoms with Gasteiger partial charge in [0.1, 0.15) is 5.82 Å². The Bertz CT molecular complexity index is 771. The smallest absolute Gasteiger partial charge is 0.161 e. The second-order valence-electron chi connectivity index (χ2n) is 5.33. The van der Waals surface area contributed by atoms with Crippen molar-refractivity contribution < 1.29 is 0 Å². The maximum atomic E-state index is 5.69. The molecule has 1 aliphatic rings. The van der Waals surface area contributed by atoms with Gasteiger partial charge in [0.2, 0.25) is 0 Å². The number of anilines is 1. The second-order valence-corrected chi connectivity index (χ2v) is 5.33. The number of benzene rings is 1. The summed E-state index contributed by atoms with van der Waals surface area (Å²) in [6.45, 7) is 0. The van der Waals surface area contributed by atoms with E-state index in [0.29, 0.717) is 17.6 Å². The average molecular weight is 277 g/mol. The van der Waals surface area contributed by atoms with Gasteiger partial charge in [-0.25, -0.2) is 15.0 Å². The van der Waals surface area contributed by atoms with Gasteiger partial charge in [-0.05, 0) is 43.2 Å². The summed E-state index contributed by atoms with van der Waals surface area (Å²) in [4.78, 5) is 12.9. The van der Waals surface area contributed by atoms with Crippen molar-refractivity contribution in [1.29, 1.82) is 0 Å². The molecule has 0 aliphatic heterocycles. The zero-order valence-corrected chi connectivity index (χ0v) is 11.5. The van der Waals surface area contributed by atoms with Crippen LogP contribution < -0.4 is 5.73 Å². The topological polar surface area (TPSA) is 69.6 Å². The summed E-state index contributed by atoms with van der Waals surface area (Å²) in [7, 11) is 0. The first-order chi connectivity index (χ1) is 10.3. The Kier molecular flexibility index (Phi) is 2.70. The molecule has 0 amide bonds. The summed E-state index contributed by atoms with van der Waals surface area (Å²) in [5, 5.41) is 0. The molecular weight excluding hydrogens is 262 g/mol. The van der Waals surface area contributed by atoms with Crippen molar-refractivity contribution in [1.82, 2.24) is 19.5 Å². The van der Waals surface area contributed by atoms with Gasteiger partial charge in [-0.15, -0.1) is 0 Å². The number of nitrogens with zero attached hydrogens (tertiary/aromatic N) is 4. The molecule has 0 unspecified atom stereocenters. The van der Waals surface area contributed by atoms with E-state index in [-0.39, 0.29) is 0 Å². The van der Waals surface area contributed by atoms with Crippen LogP contribution in [0.25, 0.3) is 17.1 Å². The van der Waals surface area contributed by atoms with E-state index >= 15 is 0 Å².